The highest BCUT2D eigenvalue weighted by molar-refractivity contribution is 6.34. The van der Waals surface area contributed by atoms with Gasteiger partial charge in [0.15, 0.2) is 17.5 Å². The van der Waals surface area contributed by atoms with Gasteiger partial charge in [-0.05, 0) is 58.1 Å². The number of aliphatic hydroxyl groups is 2. The van der Waals surface area contributed by atoms with Crippen LogP contribution in [-0.2, 0) is 18.4 Å². The molecule has 16 heteroatoms. The van der Waals surface area contributed by atoms with Gasteiger partial charge in [-0.3, -0.25) is 19.1 Å². The van der Waals surface area contributed by atoms with E-state index in [0.29, 0.717) is 69.1 Å². The number of anilines is 1. The molecule has 3 amide bonds. The average Bonchev–Trinajstić information content (AvgIpc) is 3.68. The third-order valence-corrected chi connectivity index (χ3v) is 9.43. The van der Waals surface area contributed by atoms with E-state index in [1.165, 1.54) is 54.3 Å². The molecule has 1 saturated heterocycles. The Morgan fingerprint density at radius 1 is 1.00 bits per heavy atom. The van der Waals surface area contributed by atoms with Gasteiger partial charge in [0.05, 0.1) is 34.8 Å². The van der Waals surface area contributed by atoms with E-state index in [1.54, 1.807) is 21.4 Å². The number of halogens is 3. The summed E-state index contributed by atoms with van der Waals surface area (Å²) in [5.74, 6) is -3.26. The van der Waals surface area contributed by atoms with E-state index < -0.39 is 23.6 Å². The maximum atomic E-state index is 15.5. The number of nitrogens with zero attached hydrogens (tertiary/aromatic N) is 7. The number of aromatic nitrogens is 4. The van der Waals surface area contributed by atoms with Gasteiger partial charge < -0.3 is 34.8 Å². The molecule has 0 saturated carbocycles. The number of hydrogen-bond acceptors (Lipinski definition) is 8. The third kappa shape index (κ3) is 8.49. The molecule has 4 aromatic rings. The van der Waals surface area contributed by atoms with Crippen molar-refractivity contribution in [3.8, 4) is 22.4 Å². The van der Waals surface area contributed by atoms with E-state index in [-0.39, 0.29) is 58.1 Å². The lowest BCUT2D eigenvalue weighted by molar-refractivity contribution is -0.133. The quantitative estimate of drug-likeness (QED) is 0.188. The first-order valence-electron chi connectivity index (χ1n) is 16.9. The normalized spacial score (nSPS) is 13.9. The van der Waals surface area contributed by atoms with E-state index in [0.717, 1.165) is 0 Å². The molecular weight excluding hydrogens is 698 g/mol. The number of amides is 3. The predicted octanol–water partition coefficient (Wildman–Crippen LogP) is 3.81. The molecule has 5 rings (SSSR count). The number of likely N-dealkylation sites (N-methyl/N-ethyl adjacent to an activating group) is 1. The number of nitrogens with one attached hydrogen (secondary N) is 1. The van der Waals surface area contributed by atoms with Crippen LogP contribution in [0.5, 0.6) is 0 Å². The number of hydrogen-bond donors (Lipinski definition) is 3. The smallest absolute Gasteiger partial charge is 0.291 e. The lowest BCUT2D eigenvalue weighted by Gasteiger charge is -2.35. The molecule has 2 aromatic heterocycles. The highest BCUT2D eigenvalue weighted by Crippen LogP contribution is 2.33. The first kappa shape index (κ1) is 38.5. The molecule has 0 aliphatic carbocycles. The number of rotatable bonds is 13. The lowest BCUT2D eigenvalue weighted by atomic mass is 10.0. The fourth-order valence-corrected chi connectivity index (χ4v) is 6.49. The maximum Gasteiger partial charge on any atom is 0.291 e. The molecular formula is C36H43ClF2N8O5. The summed E-state index contributed by atoms with van der Waals surface area (Å²) in [6.45, 7) is 4.01. The monoisotopic (exact) mass is 740 g/mol. The number of piperazine rings is 1. The van der Waals surface area contributed by atoms with E-state index in [1.807, 2.05) is 19.0 Å². The lowest BCUT2D eigenvalue weighted by Crippen LogP contribution is -2.50. The summed E-state index contributed by atoms with van der Waals surface area (Å²) in [5.41, 5.74) is 1.71. The summed E-state index contributed by atoms with van der Waals surface area (Å²) < 4.78 is 33.9. The van der Waals surface area contributed by atoms with Crippen molar-refractivity contribution in [2.75, 3.05) is 58.7 Å². The van der Waals surface area contributed by atoms with Crippen molar-refractivity contribution < 1.29 is 33.4 Å². The van der Waals surface area contributed by atoms with E-state index in [2.05, 4.69) is 15.4 Å². The molecule has 3 heterocycles. The van der Waals surface area contributed by atoms with Gasteiger partial charge in [-0.15, -0.1) is 0 Å². The number of aliphatic hydroxyl groups excluding tert-OH is 2. The zero-order valence-electron chi connectivity index (χ0n) is 29.6. The Kier molecular flexibility index (Phi) is 12.4. The molecule has 0 spiro atoms. The van der Waals surface area contributed by atoms with Crippen LogP contribution in [0, 0.1) is 18.6 Å². The number of aryl methyl sites for hydroxylation is 1. The van der Waals surface area contributed by atoms with Crippen LogP contribution in [0.2, 0.25) is 5.02 Å². The molecule has 3 N–H and O–H groups in total. The zero-order valence-corrected chi connectivity index (χ0v) is 30.3. The summed E-state index contributed by atoms with van der Waals surface area (Å²) in [4.78, 5) is 48.5. The molecule has 0 bridgehead atoms. The topological polar surface area (TPSA) is 149 Å². The predicted molar refractivity (Wildman–Crippen MR) is 192 cm³/mol. The fourth-order valence-electron chi connectivity index (χ4n) is 6.23. The molecule has 13 nitrogen and oxygen atoms in total. The highest BCUT2D eigenvalue weighted by atomic mass is 35.5. The number of carbonyl (C=O) groups is 3. The van der Waals surface area contributed by atoms with Crippen molar-refractivity contribution in [1.29, 1.82) is 0 Å². The van der Waals surface area contributed by atoms with Gasteiger partial charge in [0.25, 0.3) is 11.8 Å². The first-order valence-corrected chi connectivity index (χ1v) is 17.3. The molecule has 52 heavy (non-hydrogen) atoms. The number of carbonyl (C=O) groups excluding carboxylic acids is 3. The summed E-state index contributed by atoms with van der Waals surface area (Å²) >= 11 is 6.49. The van der Waals surface area contributed by atoms with Crippen molar-refractivity contribution >= 4 is 35.0 Å². The van der Waals surface area contributed by atoms with E-state index >= 15 is 8.78 Å². The average molecular weight is 741 g/mol. The highest BCUT2D eigenvalue weighted by Gasteiger charge is 2.27. The van der Waals surface area contributed by atoms with E-state index in [9.17, 15) is 19.5 Å². The van der Waals surface area contributed by atoms with Crippen molar-refractivity contribution in [2.24, 2.45) is 7.05 Å². The van der Waals surface area contributed by atoms with Gasteiger partial charge in [-0.1, -0.05) is 17.7 Å². The Balaban J connectivity index is 1.21. The molecule has 1 fully saturated rings. The summed E-state index contributed by atoms with van der Waals surface area (Å²) in [6, 6.07) is 7.35. The fraction of sp³-hybridized carbons (Fsp3) is 0.417. The van der Waals surface area contributed by atoms with Crippen molar-refractivity contribution in [1.82, 2.24) is 34.0 Å². The van der Waals surface area contributed by atoms with Crippen LogP contribution in [0.1, 0.15) is 45.9 Å². The van der Waals surface area contributed by atoms with Crippen LogP contribution in [0.25, 0.3) is 22.4 Å². The molecule has 278 valence electrons. The zero-order chi connectivity index (χ0) is 37.7. The Bertz CT molecular complexity index is 1940. The molecule has 1 atom stereocenters. The maximum absolute atomic E-state index is 15.5. The standard InChI is InChI=1S/C36H43ClF2N8O5/c1-22-28(19-41-47(22)12-5-17-48)25-9-10-27(33(39)32(25)38)30-20-40-34(44(30)4)35(51)42-23-6-8-26(29(37)18-23)36(52)46-15-13-45(14-16-46)31(50)11-7-24(49)21-43(2)3/h6,8-10,18-20,24,48-49H,5,7,11-17,21H2,1-4H3,(H,42,51)/t24-/m1/s1. The minimum atomic E-state index is -1.11. The van der Waals surface area contributed by atoms with Crippen LogP contribution < -0.4 is 5.32 Å². The van der Waals surface area contributed by atoms with Crippen molar-refractivity contribution in [3.05, 3.63) is 76.5 Å². The molecule has 0 unspecified atom stereocenters. The largest absolute Gasteiger partial charge is 0.396 e. The molecule has 1 aliphatic rings. The second-order valence-corrected chi connectivity index (χ2v) is 13.4. The Hall–Kier alpha value is -4.70. The Morgan fingerprint density at radius 2 is 1.67 bits per heavy atom. The van der Waals surface area contributed by atoms with Gasteiger partial charge in [0, 0.05) is 87.4 Å². The van der Waals surface area contributed by atoms with Gasteiger partial charge in [0.2, 0.25) is 5.91 Å². The molecule has 1 aliphatic heterocycles. The van der Waals surface area contributed by atoms with Crippen LogP contribution >= 0.6 is 11.6 Å². The van der Waals surface area contributed by atoms with Gasteiger partial charge in [0.1, 0.15) is 0 Å². The van der Waals surface area contributed by atoms with Crippen LogP contribution in [0.3, 0.4) is 0 Å². The second kappa shape index (κ2) is 16.8. The number of imidazole rings is 1. The van der Waals surface area contributed by atoms with Crippen LogP contribution in [0.4, 0.5) is 14.5 Å². The van der Waals surface area contributed by atoms with Gasteiger partial charge >= 0.3 is 0 Å². The second-order valence-electron chi connectivity index (χ2n) is 13.0. The molecule has 2 aromatic carbocycles. The van der Waals surface area contributed by atoms with Crippen molar-refractivity contribution in [3.63, 3.8) is 0 Å². The van der Waals surface area contributed by atoms with Crippen LogP contribution in [0.15, 0.2) is 42.7 Å². The number of benzene rings is 2. The van der Waals surface area contributed by atoms with E-state index in [4.69, 9.17) is 16.7 Å². The van der Waals surface area contributed by atoms with Gasteiger partial charge in [-0.25, -0.2) is 13.8 Å². The Morgan fingerprint density at radius 3 is 2.35 bits per heavy atom. The summed E-state index contributed by atoms with van der Waals surface area (Å²) in [6.07, 6.45) is 3.21. The minimum Gasteiger partial charge on any atom is -0.396 e. The third-order valence-electron chi connectivity index (χ3n) is 9.12. The van der Waals surface area contributed by atoms with Crippen LogP contribution in [-0.4, -0.2) is 121 Å². The molecule has 0 radical (unpaired) electrons. The van der Waals surface area contributed by atoms with Gasteiger partial charge in [-0.2, -0.15) is 5.10 Å². The van der Waals surface area contributed by atoms with Crippen molar-refractivity contribution in [2.45, 2.75) is 38.8 Å². The first-order chi connectivity index (χ1) is 24.8. The summed E-state index contributed by atoms with van der Waals surface area (Å²) in [7, 11) is 5.22. The minimum absolute atomic E-state index is 0.0191. The SMILES string of the molecule is Cc1c(-c2ccc(-c3cnc(C(=O)Nc4ccc(C(=O)N5CCN(C(=O)CC[C@@H](O)CN(C)C)CC5)c(Cl)c4)n3C)c(F)c2F)cnn1CCCO. The summed E-state index contributed by atoms with van der Waals surface area (Å²) in [5, 5.41) is 26.2. The Labute approximate surface area is 305 Å².